The highest BCUT2D eigenvalue weighted by Crippen LogP contribution is 2.20. The van der Waals surface area contributed by atoms with E-state index < -0.39 is 0 Å². The molecule has 0 radical (unpaired) electrons. The fourth-order valence-electron chi connectivity index (χ4n) is 1.49. The van der Waals surface area contributed by atoms with Crippen LogP contribution in [-0.2, 0) is 11.2 Å². The second-order valence-corrected chi connectivity index (χ2v) is 4.03. The summed E-state index contributed by atoms with van der Waals surface area (Å²) in [6.45, 7) is 0.653. The molecule has 0 atom stereocenters. The SMILES string of the molecule is COCCc1nc(Br)c2ccc(N)cn12. The quantitative estimate of drug-likeness (QED) is 0.926. The van der Waals surface area contributed by atoms with Gasteiger partial charge in [-0.25, -0.2) is 4.98 Å². The average molecular weight is 270 g/mol. The molecule has 5 heteroatoms. The van der Waals surface area contributed by atoms with Crippen molar-refractivity contribution in [1.82, 2.24) is 9.38 Å². The molecular formula is C10H12BrN3O. The third-order valence-electron chi connectivity index (χ3n) is 2.22. The lowest BCUT2D eigenvalue weighted by atomic mass is 10.3. The normalized spacial score (nSPS) is 11.1. The number of hydrogen-bond acceptors (Lipinski definition) is 3. The molecule has 0 saturated heterocycles. The molecule has 2 rings (SSSR count). The number of aromatic nitrogens is 2. The number of hydrogen-bond donors (Lipinski definition) is 1. The standard InChI is InChI=1S/C10H12BrN3O/c1-15-5-4-9-13-10(11)8-3-2-7(12)6-14(8)9/h2-3,6H,4-5,12H2,1H3. The molecule has 0 amide bonds. The van der Waals surface area contributed by atoms with Gasteiger partial charge in [0.25, 0.3) is 0 Å². The zero-order valence-corrected chi connectivity index (χ0v) is 9.99. The van der Waals surface area contributed by atoms with E-state index in [2.05, 4.69) is 20.9 Å². The molecule has 0 fully saturated rings. The van der Waals surface area contributed by atoms with E-state index in [-0.39, 0.29) is 0 Å². The molecule has 0 aromatic carbocycles. The fourth-order valence-corrected chi connectivity index (χ4v) is 2.02. The summed E-state index contributed by atoms with van der Waals surface area (Å²) in [5.74, 6) is 0.950. The highest BCUT2D eigenvalue weighted by molar-refractivity contribution is 9.10. The van der Waals surface area contributed by atoms with Crippen LogP contribution in [0.15, 0.2) is 22.9 Å². The number of rotatable bonds is 3. The van der Waals surface area contributed by atoms with E-state index in [9.17, 15) is 0 Å². The van der Waals surface area contributed by atoms with E-state index >= 15 is 0 Å². The number of anilines is 1. The van der Waals surface area contributed by atoms with Gasteiger partial charge in [0, 0.05) is 25.4 Å². The molecule has 0 saturated carbocycles. The van der Waals surface area contributed by atoms with Crippen molar-refractivity contribution in [3.8, 4) is 0 Å². The minimum atomic E-state index is 0.653. The van der Waals surface area contributed by atoms with Gasteiger partial charge in [-0.05, 0) is 28.1 Å². The zero-order chi connectivity index (χ0) is 10.8. The number of ether oxygens (including phenoxy) is 1. The van der Waals surface area contributed by atoms with Gasteiger partial charge < -0.3 is 14.9 Å². The van der Waals surface area contributed by atoms with Crippen molar-refractivity contribution in [3.05, 3.63) is 28.8 Å². The minimum absolute atomic E-state index is 0.653. The predicted octanol–water partition coefficient (Wildman–Crippen LogP) is 1.87. The summed E-state index contributed by atoms with van der Waals surface area (Å²) in [6.07, 6.45) is 2.64. The second kappa shape index (κ2) is 4.20. The monoisotopic (exact) mass is 269 g/mol. The molecule has 15 heavy (non-hydrogen) atoms. The molecule has 0 aliphatic carbocycles. The number of imidazole rings is 1. The first kappa shape index (κ1) is 10.4. The number of pyridine rings is 1. The number of nitrogens with two attached hydrogens (primary N) is 1. The number of fused-ring (bicyclic) bond motifs is 1. The van der Waals surface area contributed by atoms with Crippen molar-refractivity contribution in [3.63, 3.8) is 0 Å². The fraction of sp³-hybridized carbons (Fsp3) is 0.300. The summed E-state index contributed by atoms with van der Waals surface area (Å²) in [7, 11) is 1.68. The molecule has 0 aliphatic rings. The zero-order valence-electron chi connectivity index (χ0n) is 8.40. The molecule has 0 unspecified atom stereocenters. The Morgan fingerprint density at radius 1 is 1.53 bits per heavy atom. The summed E-state index contributed by atoms with van der Waals surface area (Å²) < 4.78 is 7.86. The van der Waals surface area contributed by atoms with Crippen LogP contribution in [0, 0.1) is 0 Å². The van der Waals surface area contributed by atoms with Crippen LogP contribution >= 0.6 is 15.9 Å². The van der Waals surface area contributed by atoms with Gasteiger partial charge in [0.2, 0.25) is 0 Å². The second-order valence-electron chi connectivity index (χ2n) is 3.28. The summed E-state index contributed by atoms with van der Waals surface area (Å²) in [4.78, 5) is 4.41. The lowest BCUT2D eigenvalue weighted by molar-refractivity contribution is 0.200. The molecule has 2 N–H and O–H groups in total. The Kier molecular flexibility index (Phi) is 2.93. The highest BCUT2D eigenvalue weighted by Gasteiger charge is 2.08. The molecular weight excluding hydrogens is 258 g/mol. The van der Waals surface area contributed by atoms with Gasteiger partial charge >= 0.3 is 0 Å². The van der Waals surface area contributed by atoms with Gasteiger partial charge in [-0.2, -0.15) is 0 Å². The van der Waals surface area contributed by atoms with Crippen molar-refractivity contribution in [2.75, 3.05) is 19.5 Å². The van der Waals surface area contributed by atoms with E-state index in [4.69, 9.17) is 10.5 Å². The Morgan fingerprint density at radius 3 is 3.07 bits per heavy atom. The van der Waals surface area contributed by atoms with Gasteiger partial charge in [0.15, 0.2) is 0 Å². The molecule has 0 aliphatic heterocycles. The molecule has 0 bridgehead atoms. The molecule has 2 aromatic rings. The van der Waals surface area contributed by atoms with Crippen molar-refractivity contribution in [2.45, 2.75) is 6.42 Å². The maximum Gasteiger partial charge on any atom is 0.132 e. The molecule has 0 spiro atoms. The summed E-state index contributed by atoms with van der Waals surface area (Å²) in [5.41, 5.74) is 7.49. The summed E-state index contributed by atoms with van der Waals surface area (Å²) >= 11 is 3.42. The van der Waals surface area contributed by atoms with Crippen molar-refractivity contribution >= 4 is 27.1 Å². The number of nitrogen functional groups attached to an aromatic ring is 1. The van der Waals surface area contributed by atoms with Crippen LogP contribution in [0.2, 0.25) is 0 Å². The van der Waals surface area contributed by atoms with Gasteiger partial charge in [-0.15, -0.1) is 0 Å². The van der Waals surface area contributed by atoms with Crippen LogP contribution in [0.25, 0.3) is 5.52 Å². The smallest absolute Gasteiger partial charge is 0.132 e. The lowest BCUT2D eigenvalue weighted by Gasteiger charge is -2.01. The summed E-state index contributed by atoms with van der Waals surface area (Å²) in [6, 6.07) is 3.81. The molecule has 2 aromatic heterocycles. The van der Waals surface area contributed by atoms with E-state index in [0.29, 0.717) is 6.61 Å². The first-order chi connectivity index (χ1) is 7.22. The lowest BCUT2D eigenvalue weighted by Crippen LogP contribution is -2.01. The van der Waals surface area contributed by atoms with Crippen molar-refractivity contribution in [1.29, 1.82) is 0 Å². The van der Waals surface area contributed by atoms with Gasteiger partial charge in [-0.1, -0.05) is 0 Å². The Morgan fingerprint density at radius 2 is 2.33 bits per heavy atom. The van der Waals surface area contributed by atoms with Gasteiger partial charge in [0.05, 0.1) is 12.1 Å². The van der Waals surface area contributed by atoms with E-state index in [0.717, 1.165) is 28.1 Å². The third kappa shape index (κ3) is 1.98. The van der Waals surface area contributed by atoms with Crippen molar-refractivity contribution in [2.24, 2.45) is 0 Å². The first-order valence-corrected chi connectivity index (χ1v) is 5.42. The Balaban J connectivity index is 2.49. The van der Waals surface area contributed by atoms with E-state index in [1.165, 1.54) is 0 Å². The topological polar surface area (TPSA) is 52.5 Å². The van der Waals surface area contributed by atoms with Crippen LogP contribution in [0.5, 0.6) is 0 Å². The number of halogens is 1. The van der Waals surface area contributed by atoms with Gasteiger partial charge in [0.1, 0.15) is 10.4 Å². The predicted molar refractivity (Wildman–Crippen MR) is 62.9 cm³/mol. The van der Waals surface area contributed by atoms with Crippen LogP contribution < -0.4 is 5.73 Å². The Bertz CT molecular complexity index is 481. The highest BCUT2D eigenvalue weighted by atomic mass is 79.9. The van der Waals surface area contributed by atoms with Crippen LogP contribution in [0.1, 0.15) is 5.82 Å². The third-order valence-corrected chi connectivity index (χ3v) is 2.80. The first-order valence-electron chi connectivity index (χ1n) is 4.63. The van der Waals surface area contributed by atoms with E-state index in [1.54, 1.807) is 7.11 Å². The molecule has 4 nitrogen and oxygen atoms in total. The largest absolute Gasteiger partial charge is 0.398 e. The van der Waals surface area contributed by atoms with Crippen LogP contribution in [-0.4, -0.2) is 23.1 Å². The Hall–Kier alpha value is -1.07. The van der Waals surface area contributed by atoms with Crippen molar-refractivity contribution < 1.29 is 4.74 Å². The van der Waals surface area contributed by atoms with E-state index in [1.807, 2.05) is 22.7 Å². The Labute approximate surface area is 96.2 Å². The average Bonchev–Trinajstić information content (AvgIpc) is 2.52. The van der Waals surface area contributed by atoms with Gasteiger partial charge in [-0.3, -0.25) is 0 Å². The number of methoxy groups -OCH3 is 1. The minimum Gasteiger partial charge on any atom is -0.398 e. The van der Waals surface area contributed by atoms with Crippen LogP contribution in [0.4, 0.5) is 5.69 Å². The molecule has 80 valence electrons. The maximum atomic E-state index is 5.74. The maximum absolute atomic E-state index is 5.74. The summed E-state index contributed by atoms with van der Waals surface area (Å²) in [5, 5.41) is 0. The number of nitrogens with zero attached hydrogens (tertiary/aromatic N) is 2. The van der Waals surface area contributed by atoms with Crippen LogP contribution in [0.3, 0.4) is 0 Å². The molecule has 2 heterocycles.